The second kappa shape index (κ2) is 10.4. The lowest BCUT2D eigenvalue weighted by Crippen LogP contribution is -2.68. The first-order valence-corrected chi connectivity index (χ1v) is 12.3. The number of fused-ring (bicyclic) bond motifs is 1. The van der Waals surface area contributed by atoms with Gasteiger partial charge in [-0.05, 0) is 59.8 Å². The number of benzene rings is 2. The monoisotopic (exact) mass is 466 g/mol. The van der Waals surface area contributed by atoms with Gasteiger partial charge in [-0.1, -0.05) is 42.5 Å². The van der Waals surface area contributed by atoms with Crippen LogP contribution < -0.4 is 0 Å². The number of nitriles is 1. The lowest BCUT2D eigenvalue weighted by molar-refractivity contribution is -0.135. The molecule has 0 unspecified atom stereocenters. The molecule has 35 heavy (non-hydrogen) atoms. The van der Waals surface area contributed by atoms with Gasteiger partial charge in [0.1, 0.15) is 0 Å². The summed E-state index contributed by atoms with van der Waals surface area (Å²) in [6.45, 7) is 2.51. The molecule has 2 aliphatic heterocycles. The van der Waals surface area contributed by atoms with Gasteiger partial charge < -0.3 is 10.0 Å². The average molecular weight is 467 g/mol. The lowest BCUT2D eigenvalue weighted by Gasteiger charge is -2.57. The van der Waals surface area contributed by atoms with Crippen molar-refractivity contribution in [1.82, 2.24) is 14.8 Å². The van der Waals surface area contributed by atoms with Gasteiger partial charge in [-0.3, -0.25) is 14.7 Å². The SMILES string of the molecule is N#Cc1cccc(-c2ccc([C@@H]3[C@@H](CO)N4CCCCN(C(=O)Cc5cccnc5)C[C@@H]34)cc2)c1. The van der Waals surface area contributed by atoms with Gasteiger partial charge in [0.15, 0.2) is 0 Å². The third-order valence-electron chi connectivity index (χ3n) is 7.42. The van der Waals surface area contributed by atoms with Crippen molar-refractivity contribution < 1.29 is 9.90 Å². The van der Waals surface area contributed by atoms with E-state index in [0.29, 0.717) is 18.5 Å². The maximum atomic E-state index is 13.2. The minimum absolute atomic E-state index is 0.0705. The number of carbonyl (C=O) groups excluding carboxylic acids is 1. The second-order valence-electron chi connectivity index (χ2n) is 9.48. The Labute approximate surface area is 206 Å². The van der Waals surface area contributed by atoms with E-state index in [4.69, 9.17) is 0 Å². The molecular formula is C29H30N4O2. The Hall–Kier alpha value is -3.53. The number of aliphatic hydroxyl groups is 1. The summed E-state index contributed by atoms with van der Waals surface area (Å²) in [6, 6.07) is 22.4. The molecule has 2 fully saturated rings. The third kappa shape index (κ3) is 4.84. The van der Waals surface area contributed by atoms with Crippen LogP contribution in [-0.2, 0) is 11.2 Å². The Morgan fingerprint density at radius 2 is 1.89 bits per heavy atom. The normalized spacial score (nSPS) is 22.3. The number of aliphatic hydroxyl groups excluding tert-OH is 1. The standard InChI is InChI=1S/C29H30N4O2/c30-17-21-5-3-7-25(15-21)23-8-10-24(11-9-23)29-26-19-32(13-1-2-14-33(26)27(29)20-34)28(35)16-22-6-4-12-31-18-22/h3-12,15,18,26-27,29,34H,1-2,13-14,16,19-20H2/t26-,27+,29-/m0/s1. The molecule has 1 amide bonds. The molecule has 178 valence electrons. The number of carbonyl (C=O) groups is 1. The fourth-order valence-corrected chi connectivity index (χ4v) is 5.62. The van der Waals surface area contributed by atoms with E-state index in [-0.39, 0.29) is 30.5 Å². The average Bonchev–Trinajstić information content (AvgIpc) is 2.88. The van der Waals surface area contributed by atoms with Crippen molar-refractivity contribution in [3.8, 4) is 17.2 Å². The van der Waals surface area contributed by atoms with Crippen LogP contribution >= 0.6 is 0 Å². The molecular weight excluding hydrogens is 436 g/mol. The van der Waals surface area contributed by atoms with Crippen molar-refractivity contribution in [1.29, 1.82) is 5.26 Å². The van der Waals surface area contributed by atoms with E-state index in [1.807, 2.05) is 41.3 Å². The van der Waals surface area contributed by atoms with Crippen LogP contribution in [0.1, 0.15) is 35.4 Å². The summed E-state index contributed by atoms with van der Waals surface area (Å²) in [4.78, 5) is 21.7. The lowest BCUT2D eigenvalue weighted by atomic mass is 9.74. The Kier molecular flexibility index (Phi) is 6.89. The van der Waals surface area contributed by atoms with Crippen LogP contribution in [0.4, 0.5) is 0 Å². The van der Waals surface area contributed by atoms with Gasteiger partial charge in [0.2, 0.25) is 5.91 Å². The molecule has 3 atom stereocenters. The van der Waals surface area contributed by atoms with Crippen LogP contribution in [0.15, 0.2) is 73.1 Å². The van der Waals surface area contributed by atoms with E-state index in [9.17, 15) is 15.2 Å². The molecule has 0 spiro atoms. The van der Waals surface area contributed by atoms with E-state index in [1.165, 1.54) is 5.56 Å². The number of pyridine rings is 1. The molecule has 1 N–H and O–H groups in total. The highest BCUT2D eigenvalue weighted by Crippen LogP contribution is 2.42. The predicted octanol–water partition coefficient (Wildman–Crippen LogP) is 3.61. The van der Waals surface area contributed by atoms with Crippen LogP contribution in [0.5, 0.6) is 0 Å². The van der Waals surface area contributed by atoms with Crippen LogP contribution in [-0.4, -0.2) is 64.1 Å². The number of hydrogen-bond donors (Lipinski definition) is 1. The molecule has 3 aromatic rings. The minimum atomic E-state index is 0.0705. The van der Waals surface area contributed by atoms with E-state index in [2.05, 4.69) is 40.2 Å². The molecule has 6 nitrogen and oxygen atoms in total. The second-order valence-corrected chi connectivity index (χ2v) is 9.48. The van der Waals surface area contributed by atoms with E-state index < -0.39 is 0 Å². The van der Waals surface area contributed by atoms with Crippen molar-refractivity contribution in [3.63, 3.8) is 0 Å². The van der Waals surface area contributed by atoms with Crippen molar-refractivity contribution in [3.05, 3.63) is 89.7 Å². The van der Waals surface area contributed by atoms with Gasteiger partial charge in [0.25, 0.3) is 0 Å². The molecule has 2 aliphatic rings. The highest BCUT2D eigenvalue weighted by atomic mass is 16.3. The molecule has 0 saturated carbocycles. The van der Waals surface area contributed by atoms with Crippen molar-refractivity contribution in [2.45, 2.75) is 37.3 Å². The number of rotatable bonds is 5. The maximum absolute atomic E-state index is 13.2. The van der Waals surface area contributed by atoms with E-state index in [0.717, 1.165) is 42.6 Å². The molecule has 0 bridgehead atoms. The molecule has 6 heteroatoms. The first kappa shape index (κ1) is 23.2. The summed E-state index contributed by atoms with van der Waals surface area (Å²) in [6.07, 6.45) is 5.84. The quantitative estimate of drug-likeness (QED) is 0.621. The zero-order chi connectivity index (χ0) is 24.2. The summed E-state index contributed by atoms with van der Waals surface area (Å²) >= 11 is 0. The van der Waals surface area contributed by atoms with Crippen molar-refractivity contribution in [2.75, 3.05) is 26.2 Å². The van der Waals surface area contributed by atoms with Crippen LogP contribution in [0.25, 0.3) is 11.1 Å². The highest BCUT2D eigenvalue weighted by Gasteiger charge is 2.49. The summed E-state index contributed by atoms with van der Waals surface area (Å²) in [5.41, 5.74) is 4.85. The zero-order valence-electron chi connectivity index (χ0n) is 19.8. The number of hydrogen-bond acceptors (Lipinski definition) is 5. The predicted molar refractivity (Wildman–Crippen MR) is 134 cm³/mol. The van der Waals surface area contributed by atoms with Crippen molar-refractivity contribution >= 4 is 5.91 Å². The van der Waals surface area contributed by atoms with Gasteiger partial charge in [-0.15, -0.1) is 0 Å². The molecule has 1 aromatic heterocycles. The highest BCUT2D eigenvalue weighted by molar-refractivity contribution is 5.78. The Morgan fingerprint density at radius 1 is 1.06 bits per heavy atom. The largest absolute Gasteiger partial charge is 0.395 e. The number of aromatic nitrogens is 1. The maximum Gasteiger partial charge on any atom is 0.227 e. The first-order valence-electron chi connectivity index (χ1n) is 12.3. The zero-order valence-corrected chi connectivity index (χ0v) is 19.8. The molecule has 5 rings (SSSR count). The number of amides is 1. The molecule has 0 radical (unpaired) electrons. The number of nitrogens with zero attached hydrogens (tertiary/aromatic N) is 4. The van der Waals surface area contributed by atoms with Crippen LogP contribution in [0.3, 0.4) is 0 Å². The summed E-state index contributed by atoms with van der Waals surface area (Å²) in [5.74, 6) is 0.310. The van der Waals surface area contributed by atoms with Crippen LogP contribution in [0.2, 0.25) is 0 Å². The van der Waals surface area contributed by atoms with E-state index in [1.54, 1.807) is 12.4 Å². The Morgan fingerprint density at radius 3 is 2.63 bits per heavy atom. The molecule has 2 aromatic carbocycles. The molecule has 3 heterocycles. The minimum Gasteiger partial charge on any atom is -0.395 e. The first-order chi connectivity index (χ1) is 17.2. The van der Waals surface area contributed by atoms with Crippen molar-refractivity contribution in [2.24, 2.45) is 0 Å². The smallest absolute Gasteiger partial charge is 0.227 e. The third-order valence-corrected chi connectivity index (χ3v) is 7.42. The Bertz CT molecular complexity index is 1210. The molecule has 2 saturated heterocycles. The summed E-state index contributed by atoms with van der Waals surface area (Å²) in [5, 5.41) is 19.4. The molecule has 0 aliphatic carbocycles. The summed E-state index contributed by atoms with van der Waals surface area (Å²) in [7, 11) is 0. The van der Waals surface area contributed by atoms with E-state index >= 15 is 0 Å². The fraction of sp³-hybridized carbons (Fsp3) is 0.345. The topological polar surface area (TPSA) is 80.5 Å². The van der Waals surface area contributed by atoms with Gasteiger partial charge in [0.05, 0.1) is 24.7 Å². The van der Waals surface area contributed by atoms with Gasteiger partial charge in [0, 0.05) is 43.5 Å². The van der Waals surface area contributed by atoms with Gasteiger partial charge >= 0.3 is 0 Å². The Balaban J connectivity index is 1.35. The fourth-order valence-electron chi connectivity index (χ4n) is 5.62. The summed E-state index contributed by atoms with van der Waals surface area (Å²) < 4.78 is 0. The van der Waals surface area contributed by atoms with Crippen LogP contribution in [0, 0.1) is 11.3 Å². The van der Waals surface area contributed by atoms with Gasteiger partial charge in [-0.25, -0.2) is 0 Å². The van der Waals surface area contributed by atoms with Gasteiger partial charge in [-0.2, -0.15) is 5.26 Å².